The molecular weight excluding hydrogens is 379 g/mol. The summed E-state index contributed by atoms with van der Waals surface area (Å²) in [6, 6.07) is 9.62. The van der Waals surface area contributed by atoms with Crippen LogP contribution < -0.4 is 15.4 Å². The van der Waals surface area contributed by atoms with E-state index in [1.165, 1.54) is 25.1 Å². The number of carboxylic acids is 1. The minimum atomic E-state index is -4.79. The topological polar surface area (TPSA) is 103 Å². The first-order valence-corrected chi connectivity index (χ1v) is 7.91. The van der Waals surface area contributed by atoms with Crippen LogP contribution in [-0.4, -0.2) is 28.3 Å². The number of fused-ring (bicyclic) bond motifs is 1. The van der Waals surface area contributed by atoms with Gasteiger partial charge in [-0.1, -0.05) is 0 Å². The second-order valence-corrected chi connectivity index (χ2v) is 5.85. The largest absolute Gasteiger partial charge is 0.573 e. The zero-order valence-electron chi connectivity index (χ0n) is 14.3. The van der Waals surface area contributed by atoms with Crippen molar-refractivity contribution in [3.63, 3.8) is 0 Å². The minimum absolute atomic E-state index is 0.0491. The Morgan fingerprint density at radius 2 is 1.75 bits per heavy atom. The van der Waals surface area contributed by atoms with Crippen LogP contribution in [0.15, 0.2) is 42.5 Å². The van der Waals surface area contributed by atoms with Crippen molar-refractivity contribution in [2.75, 3.05) is 10.6 Å². The van der Waals surface area contributed by atoms with E-state index in [0.29, 0.717) is 28.0 Å². The molecule has 0 spiro atoms. The smallest absolute Gasteiger partial charge is 0.477 e. The predicted octanol–water partition coefficient (Wildman–Crippen LogP) is 4.47. The van der Waals surface area contributed by atoms with E-state index in [1.807, 2.05) is 0 Å². The third-order valence-electron chi connectivity index (χ3n) is 3.66. The van der Waals surface area contributed by atoms with Gasteiger partial charge >= 0.3 is 12.3 Å². The van der Waals surface area contributed by atoms with Crippen LogP contribution in [0.25, 0.3) is 10.9 Å². The summed E-state index contributed by atoms with van der Waals surface area (Å²) in [5.74, 6) is -1.84. The van der Waals surface area contributed by atoms with Gasteiger partial charge in [-0.3, -0.25) is 4.79 Å². The molecule has 0 aliphatic rings. The molecule has 7 nitrogen and oxygen atoms in total. The predicted molar refractivity (Wildman–Crippen MR) is 96.0 cm³/mol. The van der Waals surface area contributed by atoms with Gasteiger partial charge in [-0.25, -0.2) is 4.79 Å². The Hall–Kier alpha value is -3.69. The van der Waals surface area contributed by atoms with Gasteiger partial charge in [-0.2, -0.15) is 0 Å². The van der Waals surface area contributed by atoms with Gasteiger partial charge in [0.05, 0.1) is 11.2 Å². The van der Waals surface area contributed by atoms with Crippen LogP contribution in [0.1, 0.15) is 17.4 Å². The Morgan fingerprint density at radius 1 is 1.07 bits per heavy atom. The standard InChI is InChI=1S/C18H14F3N3O4/c1-9(25)22-11-6-14(13-8-16(17(26)27)24-15(13)7-11)23-10-2-4-12(5-3-10)28-18(19,20)21/h2-8,23-24H,1H3,(H,22,25)(H,26,27). The number of nitrogens with one attached hydrogen (secondary N) is 3. The van der Waals surface area contributed by atoms with Gasteiger partial charge in [-0.05, 0) is 42.5 Å². The molecule has 0 saturated heterocycles. The number of rotatable bonds is 5. The lowest BCUT2D eigenvalue weighted by molar-refractivity contribution is -0.274. The third kappa shape index (κ3) is 4.53. The number of carbonyl (C=O) groups is 2. The van der Waals surface area contributed by atoms with Crippen molar-refractivity contribution in [3.05, 3.63) is 48.2 Å². The first kappa shape index (κ1) is 19.1. The van der Waals surface area contributed by atoms with Crippen LogP contribution in [0, 0.1) is 0 Å². The highest BCUT2D eigenvalue weighted by Crippen LogP contribution is 2.32. The van der Waals surface area contributed by atoms with E-state index >= 15 is 0 Å². The number of benzene rings is 2. The summed E-state index contributed by atoms with van der Waals surface area (Å²) in [7, 11) is 0. The fraction of sp³-hybridized carbons (Fsp3) is 0.111. The minimum Gasteiger partial charge on any atom is -0.477 e. The average molecular weight is 393 g/mol. The van der Waals surface area contributed by atoms with Crippen LogP contribution in [0.4, 0.5) is 30.2 Å². The van der Waals surface area contributed by atoms with Crippen molar-refractivity contribution in [1.82, 2.24) is 4.98 Å². The zero-order valence-corrected chi connectivity index (χ0v) is 14.3. The van der Waals surface area contributed by atoms with Crippen LogP contribution in [0.5, 0.6) is 5.75 Å². The molecule has 3 rings (SSSR count). The molecule has 1 aromatic heterocycles. The maximum Gasteiger partial charge on any atom is 0.573 e. The SMILES string of the molecule is CC(=O)Nc1cc(Nc2ccc(OC(F)(F)F)cc2)c2cc(C(=O)O)[nH]c2c1. The van der Waals surface area contributed by atoms with E-state index < -0.39 is 12.3 Å². The molecule has 28 heavy (non-hydrogen) atoms. The number of H-pyrrole nitrogens is 1. The Kier molecular flexibility index (Phi) is 4.87. The zero-order chi connectivity index (χ0) is 20.5. The number of aromatic amines is 1. The molecule has 0 fully saturated rings. The number of alkyl halides is 3. The number of aromatic nitrogens is 1. The number of hydrogen-bond donors (Lipinski definition) is 4. The van der Waals surface area contributed by atoms with E-state index in [4.69, 9.17) is 0 Å². The summed E-state index contributed by atoms with van der Waals surface area (Å²) in [5, 5.41) is 15.3. The number of aromatic carboxylic acids is 1. The number of ether oxygens (including phenoxy) is 1. The molecule has 10 heteroatoms. The Morgan fingerprint density at radius 3 is 2.32 bits per heavy atom. The maximum atomic E-state index is 12.3. The van der Waals surface area contributed by atoms with Crippen molar-refractivity contribution >= 4 is 39.8 Å². The molecule has 0 bridgehead atoms. The van der Waals surface area contributed by atoms with Gasteiger partial charge in [0, 0.05) is 23.7 Å². The lowest BCUT2D eigenvalue weighted by Crippen LogP contribution is -2.16. The molecule has 0 unspecified atom stereocenters. The van der Waals surface area contributed by atoms with E-state index in [0.717, 1.165) is 12.1 Å². The molecule has 0 saturated carbocycles. The van der Waals surface area contributed by atoms with Crippen LogP contribution in [0.3, 0.4) is 0 Å². The van der Waals surface area contributed by atoms with Gasteiger partial charge in [0.1, 0.15) is 11.4 Å². The number of hydrogen-bond acceptors (Lipinski definition) is 4. The molecule has 4 N–H and O–H groups in total. The summed E-state index contributed by atoms with van der Waals surface area (Å²) < 4.78 is 40.6. The molecule has 0 aliphatic carbocycles. The highest BCUT2D eigenvalue weighted by Gasteiger charge is 2.30. The lowest BCUT2D eigenvalue weighted by Gasteiger charge is -2.12. The molecule has 0 atom stereocenters. The molecule has 0 radical (unpaired) electrons. The van der Waals surface area contributed by atoms with Crippen LogP contribution >= 0.6 is 0 Å². The molecule has 3 aromatic rings. The lowest BCUT2D eigenvalue weighted by atomic mass is 10.1. The second kappa shape index (κ2) is 7.14. The fourth-order valence-corrected chi connectivity index (χ4v) is 2.63. The highest BCUT2D eigenvalue weighted by atomic mass is 19.4. The summed E-state index contributed by atoms with van der Waals surface area (Å²) in [4.78, 5) is 25.3. The summed E-state index contributed by atoms with van der Waals surface area (Å²) in [6.07, 6.45) is -4.79. The molecular formula is C18H14F3N3O4. The normalized spacial score (nSPS) is 11.3. The fourth-order valence-electron chi connectivity index (χ4n) is 2.63. The number of anilines is 3. The van der Waals surface area contributed by atoms with Crippen LogP contribution in [0.2, 0.25) is 0 Å². The van der Waals surface area contributed by atoms with Crippen molar-refractivity contribution in [2.45, 2.75) is 13.3 Å². The number of amides is 1. The van der Waals surface area contributed by atoms with E-state index in [9.17, 15) is 27.9 Å². The Balaban J connectivity index is 1.96. The van der Waals surface area contributed by atoms with Gasteiger partial charge in [0.15, 0.2) is 0 Å². The van der Waals surface area contributed by atoms with E-state index in [2.05, 4.69) is 20.4 Å². The Labute approximate surface area is 156 Å². The molecule has 0 aliphatic heterocycles. The quantitative estimate of drug-likeness (QED) is 0.512. The summed E-state index contributed by atoms with van der Waals surface area (Å²) in [5.41, 5.74) is 1.72. The van der Waals surface area contributed by atoms with Crippen LogP contribution in [-0.2, 0) is 4.79 Å². The number of carbonyl (C=O) groups excluding carboxylic acids is 1. The second-order valence-electron chi connectivity index (χ2n) is 5.85. The molecule has 1 heterocycles. The number of carboxylic acid groups (broad SMARTS) is 1. The van der Waals surface area contributed by atoms with Gasteiger partial charge < -0.3 is 25.5 Å². The summed E-state index contributed by atoms with van der Waals surface area (Å²) in [6.45, 7) is 1.33. The van der Waals surface area contributed by atoms with Gasteiger partial charge in [0.2, 0.25) is 5.91 Å². The molecule has 2 aromatic carbocycles. The van der Waals surface area contributed by atoms with E-state index in [1.54, 1.807) is 12.1 Å². The molecule has 146 valence electrons. The summed E-state index contributed by atoms with van der Waals surface area (Å²) >= 11 is 0. The van der Waals surface area contributed by atoms with E-state index in [-0.39, 0.29) is 17.4 Å². The highest BCUT2D eigenvalue weighted by molar-refractivity contribution is 6.03. The van der Waals surface area contributed by atoms with Gasteiger partial charge in [0.25, 0.3) is 0 Å². The molecule has 1 amide bonds. The Bertz CT molecular complexity index is 1040. The van der Waals surface area contributed by atoms with Crippen molar-refractivity contribution in [3.8, 4) is 5.75 Å². The van der Waals surface area contributed by atoms with Crippen molar-refractivity contribution in [2.24, 2.45) is 0 Å². The first-order valence-electron chi connectivity index (χ1n) is 7.91. The van der Waals surface area contributed by atoms with Crippen molar-refractivity contribution < 1.29 is 32.6 Å². The van der Waals surface area contributed by atoms with Crippen molar-refractivity contribution in [1.29, 1.82) is 0 Å². The monoisotopic (exact) mass is 393 g/mol. The third-order valence-corrected chi connectivity index (χ3v) is 3.66. The average Bonchev–Trinajstić information content (AvgIpc) is 2.99. The van der Waals surface area contributed by atoms with Gasteiger partial charge in [-0.15, -0.1) is 13.2 Å². The maximum absolute atomic E-state index is 12.3. The first-order chi connectivity index (χ1) is 13.1. The number of halogens is 3.